The van der Waals surface area contributed by atoms with Crippen LogP contribution >= 0.6 is 23.2 Å². The second kappa shape index (κ2) is 5.25. The van der Waals surface area contributed by atoms with Crippen LogP contribution in [0.2, 0.25) is 10.0 Å². The molecule has 0 bridgehead atoms. The lowest BCUT2D eigenvalue weighted by atomic mass is 10.1. The second-order valence-electron chi connectivity index (χ2n) is 4.31. The van der Waals surface area contributed by atoms with Crippen molar-refractivity contribution in [1.82, 2.24) is 5.01 Å². The van der Waals surface area contributed by atoms with Crippen molar-refractivity contribution >= 4 is 29.1 Å². The van der Waals surface area contributed by atoms with Gasteiger partial charge in [-0.05, 0) is 31.0 Å². The topological polar surface area (TPSA) is 46.3 Å². The molecule has 0 spiro atoms. The molecule has 0 aromatic heterocycles. The smallest absolute Gasteiger partial charge is 0.268 e. The Morgan fingerprint density at radius 3 is 2.24 bits per heavy atom. The summed E-state index contributed by atoms with van der Waals surface area (Å²) in [6.07, 6.45) is 4.19. The van der Waals surface area contributed by atoms with Gasteiger partial charge in [-0.2, -0.15) is 0 Å². The minimum absolute atomic E-state index is 0.139. The van der Waals surface area contributed by atoms with E-state index in [-0.39, 0.29) is 11.9 Å². The lowest BCUT2D eigenvalue weighted by molar-refractivity contribution is 0.0681. The van der Waals surface area contributed by atoms with E-state index in [2.05, 4.69) is 0 Å². The van der Waals surface area contributed by atoms with Crippen LogP contribution in [0.3, 0.4) is 0 Å². The van der Waals surface area contributed by atoms with Crippen LogP contribution in [0.4, 0.5) is 0 Å². The average molecular weight is 273 g/mol. The van der Waals surface area contributed by atoms with Gasteiger partial charge in [0.25, 0.3) is 5.91 Å². The maximum absolute atomic E-state index is 12.1. The maximum Gasteiger partial charge on any atom is 0.268 e. The van der Waals surface area contributed by atoms with Gasteiger partial charge in [0.05, 0.1) is 0 Å². The van der Waals surface area contributed by atoms with Gasteiger partial charge in [-0.15, -0.1) is 0 Å². The summed E-state index contributed by atoms with van der Waals surface area (Å²) < 4.78 is 0. The first-order valence-electron chi connectivity index (χ1n) is 5.62. The standard InChI is InChI=1S/C12H14Cl2N2O/c13-9-5-8(6-10(14)7-9)12(17)16(15)11-3-1-2-4-11/h5-7,11H,1-4,15H2. The zero-order chi connectivity index (χ0) is 12.4. The van der Waals surface area contributed by atoms with E-state index >= 15 is 0 Å². The van der Waals surface area contributed by atoms with E-state index in [0.29, 0.717) is 15.6 Å². The SMILES string of the molecule is NN(C(=O)c1cc(Cl)cc(Cl)c1)C1CCCC1. The molecule has 0 atom stereocenters. The fourth-order valence-electron chi connectivity index (χ4n) is 2.17. The summed E-state index contributed by atoms with van der Waals surface area (Å²) in [6.45, 7) is 0. The second-order valence-corrected chi connectivity index (χ2v) is 5.18. The van der Waals surface area contributed by atoms with Gasteiger partial charge in [0.1, 0.15) is 0 Å². The number of hydrogen-bond donors (Lipinski definition) is 1. The normalized spacial score (nSPS) is 16.2. The highest BCUT2D eigenvalue weighted by molar-refractivity contribution is 6.35. The first kappa shape index (κ1) is 12.7. The zero-order valence-corrected chi connectivity index (χ0v) is 10.8. The number of carbonyl (C=O) groups excluding carboxylic acids is 1. The fraction of sp³-hybridized carbons (Fsp3) is 0.417. The number of rotatable bonds is 2. The molecule has 92 valence electrons. The van der Waals surface area contributed by atoms with Crippen LogP contribution in [0.1, 0.15) is 36.0 Å². The van der Waals surface area contributed by atoms with Crippen molar-refractivity contribution in [2.24, 2.45) is 5.84 Å². The van der Waals surface area contributed by atoms with E-state index < -0.39 is 0 Å². The Balaban J connectivity index is 2.17. The Bertz CT molecular complexity index is 410. The van der Waals surface area contributed by atoms with Gasteiger partial charge in [0, 0.05) is 21.7 Å². The van der Waals surface area contributed by atoms with E-state index in [4.69, 9.17) is 29.0 Å². The average Bonchev–Trinajstić information content (AvgIpc) is 2.79. The van der Waals surface area contributed by atoms with Crippen molar-refractivity contribution in [2.45, 2.75) is 31.7 Å². The van der Waals surface area contributed by atoms with Gasteiger partial charge in [-0.25, -0.2) is 5.84 Å². The van der Waals surface area contributed by atoms with Crippen molar-refractivity contribution in [1.29, 1.82) is 0 Å². The van der Waals surface area contributed by atoms with Gasteiger partial charge in [-0.1, -0.05) is 36.0 Å². The van der Waals surface area contributed by atoms with E-state index in [1.54, 1.807) is 18.2 Å². The molecule has 3 nitrogen and oxygen atoms in total. The molecule has 1 aromatic rings. The largest absolute Gasteiger partial charge is 0.274 e. The molecule has 1 aromatic carbocycles. The lowest BCUT2D eigenvalue weighted by Gasteiger charge is -2.23. The number of nitrogens with two attached hydrogens (primary N) is 1. The van der Waals surface area contributed by atoms with Crippen LogP contribution in [-0.4, -0.2) is 17.0 Å². The first-order chi connectivity index (χ1) is 8.08. The van der Waals surface area contributed by atoms with E-state index in [1.807, 2.05) is 0 Å². The van der Waals surface area contributed by atoms with Crippen molar-refractivity contribution in [3.63, 3.8) is 0 Å². The van der Waals surface area contributed by atoms with Crippen LogP contribution in [0, 0.1) is 0 Å². The monoisotopic (exact) mass is 272 g/mol. The third-order valence-corrected chi connectivity index (χ3v) is 3.50. The zero-order valence-electron chi connectivity index (χ0n) is 9.33. The van der Waals surface area contributed by atoms with Crippen molar-refractivity contribution in [2.75, 3.05) is 0 Å². The van der Waals surface area contributed by atoms with Crippen molar-refractivity contribution in [3.05, 3.63) is 33.8 Å². The van der Waals surface area contributed by atoms with Crippen LogP contribution in [-0.2, 0) is 0 Å². The van der Waals surface area contributed by atoms with Gasteiger partial charge < -0.3 is 0 Å². The summed E-state index contributed by atoms with van der Waals surface area (Å²) in [5.74, 6) is 5.63. The molecule has 17 heavy (non-hydrogen) atoms. The molecule has 1 amide bonds. The van der Waals surface area contributed by atoms with E-state index in [0.717, 1.165) is 25.7 Å². The first-order valence-corrected chi connectivity index (χ1v) is 6.38. The summed E-state index contributed by atoms with van der Waals surface area (Å²) in [5, 5.41) is 2.20. The minimum Gasteiger partial charge on any atom is -0.274 e. The molecular weight excluding hydrogens is 259 g/mol. The minimum atomic E-state index is -0.221. The lowest BCUT2D eigenvalue weighted by Crippen LogP contribution is -2.44. The fourth-order valence-corrected chi connectivity index (χ4v) is 2.70. The molecule has 2 rings (SSSR count). The molecule has 2 N–H and O–H groups in total. The summed E-state index contributed by atoms with van der Waals surface area (Å²) in [6, 6.07) is 4.91. The summed E-state index contributed by atoms with van der Waals surface area (Å²) in [5.41, 5.74) is 0.442. The number of carbonyl (C=O) groups is 1. The van der Waals surface area contributed by atoms with Crippen LogP contribution in [0.25, 0.3) is 0 Å². The molecule has 1 saturated carbocycles. The quantitative estimate of drug-likeness (QED) is 0.510. The number of amides is 1. The number of halogens is 2. The highest BCUT2D eigenvalue weighted by Gasteiger charge is 2.25. The third kappa shape index (κ3) is 2.92. The summed E-state index contributed by atoms with van der Waals surface area (Å²) in [4.78, 5) is 12.1. The Hall–Kier alpha value is -0.770. The van der Waals surface area contributed by atoms with Gasteiger partial charge >= 0.3 is 0 Å². The molecule has 1 aliphatic rings. The highest BCUT2D eigenvalue weighted by Crippen LogP contribution is 2.24. The molecule has 0 radical (unpaired) electrons. The molecule has 0 unspecified atom stereocenters. The number of nitrogens with zero attached hydrogens (tertiary/aromatic N) is 1. The molecule has 0 saturated heterocycles. The molecule has 0 heterocycles. The van der Waals surface area contributed by atoms with E-state index in [1.165, 1.54) is 5.01 Å². The summed E-state index contributed by atoms with van der Waals surface area (Å²) >= 11 is 11.7. The number of hydrogen-bond acceptors (Lipinski definition) is 2. The Kier molecular flexibility index (Phi) is 3.92. The predicted molar refractivity (Wildman–Crippen MR) is 69.1 cm³/mol. The Labute approximate surface area is 110 Å². The maximum atomic E-state index is 12.1. The van der Waals surface area contributed by atoms with Crippen LogP contribution in [0.5, 0.6) is 0 Å². The molecule has 1 fully saturated rings. The Morgan fingerprint density at radius 1 is 1.18 bits per heavy atom. The molecule has 1 aliphatic carbocycles. The third-order valence-electron chi connectivity index (χ3n) is 3.06. The summed E-state index contributed by atoms with van der Waals surface area (Å²) in [7, 11) is 0. The van der Waals surface area contributed by atoms with Crippen LogP contribution < -0.4 is 5.84 Å². The molecule has 0 aliphatic heterocycles. The van der Waals surface area contributed by atoms with Crippen LogP contribution in [0.15, 0.2) is 18.2 Å². The van der Waals surface area contributed by atoms with Gasteiger partial charge in [0.15, 0.2) is 0 Å². The van der Waals surface area contributed by atoms with E-state index in [9.17, 15) is 4.79 Å². The number of hydrazine groups is 1. The van der Waals surface area contributed by atoms with Crippen molar-refractivity contribution in [3.8, 4) is 0 Å². The van der Waals surface area contributed by atoms with Gasteiger partial charge in [0.2, 0.25) is 0 Å². The highest BCUT2D eigenvalue weighted by atomic mass is 35.5. The Morgan fingerprint density at radius 2 is 1.71 bits per heavy atom. The number of benzene rings is 1. The van der Waals surface area contributed by atoms with Gasteiger partial charge in [-0.3, -0.25) is 9.80 Å². The molecule has 5 heteroatoms. The molecular formula is C12H14Cl2N2O. The predicted octanol–water partition coefficient (Wildman–Crippen LogP) is 3.25. The van der Waals surface area contributed by atoms with Crippen molar-refractivity contribution < 1.29 is 4.79 Å².